The van der Waals surface area contributed by atoms with Crippen molar-refractivity contribution in [3.8, 4) is 5.75 Å². The van der Waals surface area contributed by atoms with E-state index in [-0.39, 0.29) is 5.54 Å². The van der Waals surface area contributed by atoms with Crippen LogP contribution in [0.5, 0.6) is 5.75 Å². The molecule has 1 saturated carbocycles. The fourth-order valence-electron chi connectivity index (χ4n) is 3.04. The highest BCUT2D eigenvalue weighted by Crippen LogP contribution is 2.42. The maximum absolute atomic E-state index is 6.53. The minimum Gasteiger partial charge on any atom is -0.496 e. The molecule has 0 bridgehead atoms. The number of rotatable bonds is 2. The summed E-state index contributed by atoms with van der Waals surface area (Å²) in [5, 5.41) is 0. The van der Waals surface area contributed by atoms with Gasteiger partial charge in [-0.1, -0.05) is 12.8 Å². The largest absolute Gasteiger partial charge is 0.496 e. The van der Waals surface area contributed by atoms with Crippen LogP contribution in [-0.4, -0.2) is 7.11 Å². The van der Waals surface area contributed by atoms with Gasteiger partial charge in [-0.2, -0.15) is 0 Å². The molecular formula is C14H19NO2. The Morgan fingerprint density at radius 3 is 2.47 bits per heavy atom. The van der Waals surface area contributed by atoms with E-state index in [1.807, 2.05) is 0 Å². The fourth-order valence-corrected chi connectivity index (χ4v) is 3.04. The summed E-state index contributed by atoms with van der Waals surface area (Å²) in [4.78, 5) is 0. The first-order valence-corrected chi connectivity index (χ1v) is 6.30. The van der Waals surface area contributed by atoms with Gasteiger partial charge < -0.3 is 15.2 Å². The minimum absolute atomic E-state index is 0.192. The van der Waals surface area contributed by atoms with Crippen molar-refractivity contribution in [1.82, 2.24) is 0 Å². The molecular weight excluding hydrogens is 214 g/mol. The maximum atomic E-state index is 6.53. The fraction of sp³-hybridized carbons (Fsp3) is 0.571. The van der Waals surface area contributed by atoms with Gasteiger partial charge in [0.25, 0.3) is 0 Å². The van der Waals surface area contributed by atoms with Crippen LogP contribution >= 0.6 is 0 Å². The molecule has 0 atom stereocenters. The Balaban J connectivity index is 2.08. The Hall–Kier alpha value is -1.06. The molecule has 3 nitrogen and oxygen atoms in total. The number of methoxy groups -OCH3 is 1. The van der Waals surface area contributed by atoms with Gasteiger partial charge in [0.2, 0.25) is 0 Å². The molecule has 1 fully saturated rings. The van der Waals surface area contributed by atoms with Crippen LogP contribution in [0.1, 0.15) is 42.4 Å². The van der Waals surface area contributed by atoms with Crippen LogP contribution in [0.3, 0.4) is 0 Å². The van der Waals surface area contributed by atoms with E-state index >= 15 is 0 Å². The molecule has 1 aromatic carbocycles. The van der Waals surface area contributed by atoms with Crippen molar-refractivity contribution in [2.45, 2.75) is 44.4 Å². The summed E-state index contributed by atoms with van der Waals surface area (Å²) in [5.41, 5.74) is 10.0. The van der Waals surface area contributed by atoms with E-state index in [4.69, 9.17) is 15.2 Å². The number of hydrogen-bond donors (Lipinski definition) is 1. The van der Waals surface area contributed by atoms with Gasteiger partial charge in [0.1, 0.15) is 5.75 Å². The van der Waals surface area contributed by atoms with Crippen molar-refractivity contribution in [1.29, 1.82) is 0 Å². The van der Waals surface area contributed by atoms with Crippen molar-refractivity contribution in [2.75, 3.05) is 7.11 Å². The van der Waals surface area contributed by atoms with Gasteiger partial charge in [-0.15, -0.1) is 0 Å². The second-order valence-electron chi connectivity index (χ2n) is 5.18. The first-order valence-electron chi connectivity index (χ1n) is 6.30. The first-order chi connectivity index (χ1) is 8.23. The third kappa shape index (κ3) is 1.74. The van der Waals surface area contributed by atoms with Gasteiger partial charge >= 0.3 is 0 Å². The molecule has 1 aliphatic carbocycles. The average Bonchev–Trinajstić information content (AvgIpc) is 2.95. The molecule has 1 aliphatic heterocycles. The van der Waals surface area contributed by atoms with Crippen LogP contribution in [-0.2, 0) is 23.5 Å². The highest BCUT2D eigenvalue weighted by Gasteiger charge is 2.34. The number of fused-ring (bicyclic) bond motifs is 1. The predicted molar refractivity (Wildman–Crippen MR) is 65.8 cm³/mol. The van der Waals surface area contributed by atoms with E-state index in [1.54, 1.807) is 7.11 Å². The average molecular weight is 233 g/mol. The van der Waals surface area contributed by atoms with Crippen molar-refractivity contribution < 1.29 is 9.47 Å². The lowest BCUT2D eigenvalue weighted by molar-refractivity contribution is 0.134. The third-order valence-corrected chi connectivity index (χ3v) is 4.07. The number of nitrogens with two attached hydrogens (primary N) is 1. The first kappa shape index (κ1) is 11.1. The SMILES string of the molecule is COc1cc2c(cc1C1(N)CCCC1)COC2. The highest BCUT2D eigenvalue weighted by atomic mass is 16.5. The van der Waals surface area contributed by atoms with Gasteiger partial charge in [-0.3, -0.25) is 0 Å². The van der Waals surface area contributed by atoms with E-state index in [1.165, 1.54) is 29.5 Å². The van der Waals surface area contributed by atoms with Crippen LogP contribution in [0, 0.1) is 0 Å². The van der Waals surface area contributed by atoms with Crippen LogP contribution in [0.2, 0.25) is 0 Å². The van der Waals surface area contributed by atoms with Gasteiger partial charge in [0, 0.05) is 11.1 Å². The summed E-state index contributed by atoms with van der Waals surface area (Å²) in [6, 6.07) is 4.30. The Morgan fingerprint density at radius 1 is 1.18 bits per heavy atom. The molecule has 3 rings (SSSR count). The van der Waals surface area contributed by atoms with Crippen molar-refractivity contribution in [2.24, 2.45) is 5.73 Å². The summed E-state index contributed by atoms with van der Waals surface area (Å²) in [6.45, 7) is 1.41. The second-order valence-corrected chi connectivity index (χ2v) is 5.18. The van der Waals surface area contributed by atoms with E-state index in [0.29, 0.717) is 13.2 Å². The number of ether oxygens (including phenoxy) is 2. The van der Waals surface area contributed by atoms with Crippen LogP contribution in [0.25, 0.3) is 0 Å². The number of hydrogen-bond acceptors (Lipinski definition) is 3. The van der Waals surface area contributed by atoms with Crippen LogP contribution < -0.4 is 10.5 Å². The Kier molecular flexibility index (Phi) is 2.60. The molecule has 0 unspecified atom stereocenters. The Morgan fingerprint density at radius 2 is 1.82 bits per heavy atom. The molecule has 0 saturated heterocycles. The maximum Gasteiger partial charge on any atom is 0.124 e. The standard InChI is InChI=1S/C14H19NO2/c1-16-13-7-11-9-17-8-10(11)6-12(13)14(15)4-2-3-5-14/h6-7H,2-5,8-9,15H2,1H3. The zero-order valence-electron chi connectivity index (χ0n) is 10.3. The van der Waals surface area contributed by atoms with Gasteiger partial charge in [-0.05, 0) is 36.1 Å². The van der Waals surface area contributed by atoms with E-state index in [9.17, 15) is 0 Å². The molecule has 0 radical (unpaired) electrons. The summed E-state index contributed by atoms with van der Waals surface area (Å²) in [5.74, 6) is 0.929. The molecule has 0 aromatic heterocycles. The van der Waals surface area contributed by atoms with Gasteiger partial charge in [-0.25, -0.2) is 0 Å². The zero-order valence-corrected chi connectivity index (χ0v) is 10.3. The van der Waals surface area contributed by atoms with Gasteiger partial charge in [0.05, 0.1) is 20.3 Å². The summed E-state index contributed by atoms with van der Waals surface area (Å²) >= 11 is 0. The number of benzene rings is 1. The molecule has 0 spiro atoms. The quantitative estimate of drug-likeness (QED) is 0.853. The minimum atomic E-state index is -0.192. The normalized spacial score (nSPS) is 21.5. The molecule has 0 amide bonds. The lowest BCUT2D eigenvalue weighted by Gasteiger charge is -2.27. The molecule has 2 N–H and O–H groups in total. The molecule has 17 heavy (non-hydrogen) atoms. The third-order valence-electron chi connectivity index (χ3n) is 4.07. The van der Waals surface area contributed by atoms with Crippen molar-refractivity contribution in [3.05, 3.63) is 28.8 Å². The van der Waals surface area contributed by atoms with E-state index < -0.39 is 0 Å². The van der Waals surface area contributed by atoms with Gasteiger partial charge in [0.15, 0.2) is 0 Å². The molecule has 2 aliphatic rings. The summed E-state index contributed by atoms with van der Waals surface area (Å²) in [6.07, 6.45) is 4.55. The topological polar surface area (TPSA) is 44.5 Å². The Bertz CT molecular complexity index is 436. The molecule has 92 valence electrons. The smallest absolute Gasteiger partial charge is 0.124 e. The molecule has 3 heteroatoms. The monoisotopic (exact) mass is 233 g/mol. The molecule has 1 aromatic rings. The zero-order chi connectivity index (χ0) is 11.9. The van der Waals surface area contributed by atoms with E-state index in [0.717, 1.165) is 18.6 Å². The summed E-state index contributed by atoms with van der Waals surface area (Å²) < 4.78 is 11.0. The van der Waals surface area contributed by atoms with E-state index in [2.05, 4.69) is 12.1 Å². The second kappa shape index (κ2) is 4.00. The lowest BCUT2D eigenvalue weighted by Crippen LogP contribution is -2.33. The van der Waals surface area contributed by atoms with Crippen LogP contribution in [0.15, 0.2) is 12.1 Å². The van der Waals surface area contributed by atoms with Crippen molar-refractivity contribution >= 4 is 0 Å². The summed E-state index contributed by atoms with van der Waals surface area (Å²) in [7, 11) is 1.72. The molecule has 1 heterocycles. The lowest BCUT2D eigenvalue weighted by atomic mass is 9.86. The van der Waals surface area contributed by atoms with Crippen molar-refractivity contribution in [3.63, 3.8) is 0 Å². The van der Waals surface area contributed by atoms with Crippen LogP contribution in [0.4, 0.5) is 0 Å². The Labute approximate surface area is 102 Å². The predicted octanol–water partition coefficient (Wildman–Crippen LogP) is 2.45. The highest BCUT2D eigenvalue weighted by molar-refractivity contribution is 5.47.